The number of nitrogens with zero attached hydrogens (tertiary/aromatic N) is 4. The first-order chi connectivity index (χ1) is 8.11. The number of oxime groups is 1. The van der Waals surface area contributed by atoms with Gasteiger partial charge in [0, 0.05) is 18.3 Å². The number of nitrogens with two attached hydrogens (primary N) is 1. The molecule has 1 saturated heterocycles. The number of hydrogen-bond acceptors (Lipinski definition) is 5. The standard InChI is InChI=1S/C11H17N5O/c1-7-6-9(10(12)15-17)14-11(13-7)16-5-3-4-8(16)2/h6,8,17H,3-5H2,1-2H3,(H2,12,15). The van der Waals surface area contributed by atoms with Crippen molar-refractivity contribution in [2.75, 3.05) is 11.4 Å². The molecule has 0 bridgehead atoms. The number of anilines is 1. The van der Waals surface area contributed by atoms with Crippen LogP contribution in [0.2, 0.25) is 0 Å². The molecule has 0 spiro atoms. The Bertz CT molecular complexity index is 445. The molecule has 6 nitrogen and oxygen atoms in total. The molecule has 1 aromatic heterocycles. The summed E-state index contributed by atoms with van der Waals surface area (Å²) in [6.07, 6.45) is 2.30. The summed E-state index contributed by atoms with van der Waals surface area (Å²) in [6, 6.07) is 2.15. The lowest BCUT2D eigenvalue weighted by Gasteiger charge is -2.21. The van der Waals surface area contributed by atoms with Crippen LogP contribution in [0.1, 0.15) is 31.2 Å². The van der Waals surface area contributed by atoms with Crippen molar-refractivity contribution in [3.8, 4) is 0 Å². The smallest absolute Gasteiger partial charge is 0.226 e. The molecular formula is C11H17N5O. The minimum Gasteiger partial charge on any atom is -0.409 e. The van der Waals surface area contributed by atoms with E-state index in [0.29, 0.717) is 17.7 Å². The van der Waals surface area contributed by atoms with E-state index in [9.17, 15) is 0 Å². The molecule has 6 heteroatoms. The maximum Gasteiger partial charge on any atom is 0.226 e. The number of aryl methyl sites for hydroxylation is 1. The Labute approximate surface area is 100 Å². The van der Waals surface area contributed by atoms with Crippen molar-refractivity contribution in [2.45, 2.75) is 32.7 Å². The summed E-state index contributed by atoms with van der Waals surface area (Å²) in [5.41, 5.74) is 6.84. The highest BCUT2D eigenvalue weighted by molar-refractivity contribution is 5.95. The monoisotopic (exact) mass is 235 g/mol. The molecule has 0 aliphatic carbocycles. The molecule has 0 radical (unpaired) electrons. The van der Waals surface area contributed by atoms with Gasteiger partial charge in [-0.25, -0.2) is 9.97 Å². The summed E-state index contributed by atoms with van der Waals surface area (Å²) in [5, 5.41) is 11.6. The summed E-state index contributed by atoms with van der Waals surface area (Å²) in [5.74, 6) is 0.681. The lowest BCUT2D eigenvalue weighted by Crippen LogP contribution is -2.29. The van der Waals surface area contributed by atoms with E-state index >= 15 is 0 Å². The largest absolute Gasteiger partial charge is 0.409 e. The van der Waals surface area contributed by atoms with Crippen LogP contribution in [0.15, 0.2) is 11.2 Å². The number of hydrogen-bond donors (Lipinski definition) is 2. The van der Waals surface area contributed by atoms with Gasteiger partial charge < -0.3 is 15.8 Å². The van der Waals surface area contributed by atoms with E-state index in [2.05, 4.69) is 26.9 Å². The Kier molecular flexibility index (Phi) is 3.12. The molecule has 1 fully saturated rings. The van der Waals surface area contributed by atoms with Crippen molar-refractivity contribution in [3.05, 3.63) is 17.5 Å². The Morgan fingerprint density at radius 1 is 1.59 bits per heavy atom. The molecule has 1 unspecified atom stereocenters. The maximum atomic E-state index is 8.68. The highest BCUT2D eigenvalue weighted by Crippen LogP contribution is 2.22. The normalized spacial score (nSPS) is 20.9. The molecule has 1 aliphatic heterocycles. The van der Waals surface area contributed by atoms with E-state index in [-0.39, 0.29) is 5.84 Å². The van der Waals surface area contributed by atoms with E-state index in [1.165, 1.54) is 0 Å². The second-order valence-electron chi connectivity index (χ2n) is 4.36. The van der Waals surface area contributed by atoms with Gasteiger partial charge in [-0.2, -0.15) is 0 Å². The Balaban J connectivity index is 2.38. The third kappa shape index (κ3) is 2.30. The first-order valence-electron chi connectivity index (χ1n) is 5.72. The molecular weight excluding hydrogens is 218 g/mol. The topological polar surface area (TPSA) is 87.6 Å². The molecule has 1 aliphatic rings. The second-order valence-corrected chi connectivity index (χ2v) is 4.36. The lowest BCUT2D eigenvalue weighted by atomic mass is 10.2. The predicted molar refractivity (Wildman–Crippen MR) is 65.3 cm³/mol. The number of rotatable bonds is 2. The molecule has 0 saturated carbocycles. The molecule has 0 amide bonds. The van der Waals surface area contributed by atoms with Gasteiger partial charge in [0.2, 0.25) is 5.95 Å². The SMILES string of the molecule is Cc1cc(/C(N)=N/O)nc(N2CCCC2C)n1. The van der Waals surface area contributed by atoms with Crippen molar-refractivity contribution in [2.24, 2.45) is 10.9 Å². The van der Waals surface area contributed by atoms with Gasteiger partial charge in [0.1, 0.15) is 5.69 Å². The quantitative estimate of drug-likeness (QED) is 0.344. The van der Waals surface area contributed by atoms with E-state index in [4.69, 9.17) is 10.9 Å². The minimum atomic E-state index is 0.0172. The summed E-state index contributed by atoms with van der Waals surface area (Å²) in [6.45, 7) is 4.99. The van der Waals surface area contributed by atoms with Gasteiger partial charge in [0.15, 0.2) is 5.84 Å². The Morgan fingerprint density at radius 3 is 2.94 bits per heavy atom. The van der Waals surface area contributed by atoms with Gasteiger partial charge in [-0.05, 0) is 32.8 Å². The molecule has 0 aromatic carbocycles. The summed E-state index contributed by atoms with van der Waals surface area (Å²) >= 11 is 0. The van der Waals surface area contributed by atoms with Crippen LogP contribution in [0.3, 0.4) is 0 Å². The first-order valence-corrected chi connectivity index (χ1v) is 5.72. The summed E-state index contributed by atoms with van der Waals surface area (Å²) in [4.78, 5) is 10.9. The third-order valence-electron chi connectivity index (χ3n) is 3.02. The molecule has 1 aromatic rings. The molecule has 92 valence electrons. The molecule has 2 heterocycles. The summed E-state index contributed by atoms with van der Waals surface area (Å²) in [7, 11) is 0. The Hall–Kier alpha value is -1.85. The first kappa shape index (κ1) is 11.6. The van der Waals surface area contributed by atoms with Crippen molar-refractivity contribution in [1.29, 1.82) is 0 Å². The molecule has 3 N–H and O–H groups in total. The number of aromatic nitrogens is 2. The van der Waals surface area contributed by atoms with Gasteiger partial charge in [-0.1, -0.05) is 5.16 Å². The van der Waals surface area contributed by atoms with E-state index in [0.717, 1.165) is 25.1 Å². The van der Waals surface area contributed by atoms with Gasteiger partial charge in [0.05, 0.1) is 0 Å². The van der Waals surface area contributed by atoms with Crippen molar-refractivity contribution >= 4 is 11.8 Å². The van der Waals surface area contributed by atoms with Crippen LogP contribution < -0.4 is 10.6 Å². The fourth-order valence-electron chi connectivity index (χ4n) is 2.09. The van der Waals surface area contributed by atoms with Crippen LogP contribution in [0.25, 0.3) is 0 Å². The van der Waals surface area contributed by atoms with E-state index < -0.39 is 0 Å². The van der Waals surface area contributed by atoms with Crippen LogP contribution in [0.5, 0.6) is 0 Å². The fraction of sp³-hybridized carbons (Fsp3) is 0.545. The van der Waals surface area contributed by atoms with Crippen LogP contribution in [0, 0.1) is 6.92 Å². The van der Waals surface area contributed by atoms with Gasteiger partial charge in [0.25, 0.3) is 0 Å². The highest BCUT2D eigenvalue weighted by Gasteiger charge is 2.23. The molecule has 17 heavy (non-hydrogen) atoms. The predicted octanol–water partition coefficient (Wildman–Crippen LogP) is 0.868. The zero-order chi connectivity index (χ0) is 12.4. The fourth-order valence-corrected chi connectivity index (χ4v) is 2.09. The average molecular weight is 235 g/mol. The van der Waals surface area contributed by atoms with Crippen LogP contribution in [-0.4, -0.2) is 33.6 Å². The maximum absolute atomic E-state index is 8.68. The van der Waals surface area contributed by atoms with Crippen LogP contribution in [-0.2, 0) is 0 Å². The molecule has 2 rings (SSSR count). The van der Waals surface area contributed by atoms with Gasteiger partial charge in [-0.15, -0.1) is 0 Å². The van der Waals surface area contributed by atoms with Crippen molar-refractivity contribution in [3.63, 3.8) is 0 Å². The zero-order valence-corrected chi connectivity index (χ0v) is 10.1. The van der Waals surface area contributed by atoms with Gasteiger partial charge >= 0.3 is 0 Å². The number of amidine groups is 1. The molecule has 1 atom stereocenters. The highest BCUT2D eigenvalue weighted by atomic mass is 16.4. The van der Waals surface area contributed by atoms with Crippen LogP contribution >= 0.6 is 0 Å². The van der Waals surface area contributed by atoms with Crippen molar-refractivity contribution in [1.82, 2.24) is 9.97 Å². The average Bonchev–Trinajstić information content (AvgIpc) is 2.73. The second kappa shape index (κ2) is 4.57. The Morgan fingerprint density at radius 2 is 2.35 bits per heavy atom. The van der Waals surface area contributed by atoms with E-state index in [1.54, 1.807) is 6.07 Å². The summed E-state index contributed by atoms with van der Waals surface area (Å²) < 4.78 is 0. The van der Waals surface area contributed by atoms with Gasteiger partial charge in [-0.3, -0.25) is 0 Å². The van der Waals surface area contributed by atoms with Crippen LogP contribution in [0.4, 0.5) is 5.95 Å². The minimum absolute atomic E-state index is 0.0172. The third-order valence-corrected chi connectivity index (χ3v) is 3.02. The van der Waals surface area contributed by atoms with Crippen molar-refractivity contribution < 1.29 is 5.21 Å². The zero-order valence-electron chi connectivity index (χ0n) is 10.1. The van der Waals surface area contributed by atoms with E-state index in [1.807, 2.05) is 6.92 Å². The lowest BCUT2D eigenvalue weighted by molar-refractivity contribution is 0.318.